The number of hydrogen-bond donors (Lipinski definition) is 9. The Kier molecular flexibility index (Phi) is 8.83. The van der Waals surface area contributed by atoms with Crippen LogP contribution in [0.3, 0.4) is 0 Å². The van der Waals surface area contributed by atoms with Gasteiger partial charge in [0.1, 0.15) is 51.7 Å². The van der Waals surface area contributed by atoms with Crippen LogP contribution in [-0.4, -0.2) is 46.0 Å². The van der Waals surface area contributed by atoms with Crippen LogP contribution in [0.1, 0.15) is 66.8 Å². The SMILES string of the molecule is Oc1ccc(C2(c3ccc(O)cc3)c3cc(O)ccc3-c3c2c2c(c4c3C(c3ccc(O)cc3)(c3ccc(O)cc3)c3cc(O)ccc3-4)C(c3ccc(O)cc3)(c3ccc(O)cc3)c3cc(O)ccc3-2)cc1. The largest absolute Gasteiger partial charge is 0.508 e. The Morgan fingerprint density at radius 3 is 0.542 bits per heavy atom. The summed E-state index contributed by atoms with van der Waals surface area (Å²) in [7, 11) is 0. The summed E-state index contributed by atoms with van der Waals surface area (Å²) in [5, 5.41) is 102. The molecular weight excluding hydrogens is 901 g/mol. The van der Waals surface area contributed by atoms with E-state index in [1.54, 1.807) is 109 Å². The Hall–Kier alpha value is -9.60. The molecule has 0 saturated heterocycles. The molecule has 13 rings (SSSR count). The highest BCUT2D eigenvalue weighted by Gasteiger charge is 2.61. The van der Waals surface area contributed by atoms with Crippen molar-refractivity contribution < 1.29 is 46.0 Å². The molecule has 3 aliphatic rings. The minimum absolute atomic E-state index is 0.0128. The lowest BCUT2D eigenvalue weighted by atomic mass is 9.61. The molecule has 72 heavy (non-hydrogen) atoms. The van der Waals surface area contributed by atoms with E-state index in [0.717, 1.165) is 50.1 Å². The fourth-order valence-corrected chi connectivity index (χ4v) is 12.8. The lowest BCUT2D eigenvalue weighted by molar-refractivity contribution is 0.472. The summed E-state index contributed by atoms with van der Waals surface area (Å²) in [6, 6.07) is 58.0. The molecule has 10 aromatic rings. The Morgan fingerprint density at radius 2 is 0.361 bits per heavy atom. The van der Waals surface area contributed by atoms with Crippen LogP contribution in [0, 0.1) is 0 Å². The van der Waals surface area contributed by atoms with Crippen molar-refractivity contribution in [3.8, 4) is 85.1 Å². The van der Waals surface area contributed by atoms with Gasteiger partial charge >= 0.3 is 0 Å². The van der Waals surface area contributed by atoms with Crippen molar-refractivity contribution in [1.82, 2.24) is 0 Å². The van der Waals surface area contributed by atoms with Gasteiger partial charge in [0.2, 0.25) is 0 Å². The summed E-state index contributed by atoms with van der Waals surface area (Å²) >= 11 is 0. The number of benzene rings is 10. The Morgan fingerprint density at radius 1 is 0.194 bits per heavy atom. The van der Waals surface area contributed by atoms with Gasteiger partial charge in [-0.3, -0.25) is 0 Å². The summed E-state index contributed by atoms with van der Waals surface area (Å²) in [6.07, 6.45) is 0. The van der Waals surface area contributed by atoms with Crippen molar-refractivity contribution in [3.63, 3.8) is 0 Å². The molecule has 0 atom stereocenters. The molecule has 0 bridgehead atoms. The highest BCUT2D eigenvalue weighted by molar-refractivity contribution is 6.09. The molecule has 9 heteroatoms. The molecule has 0 amide bonds. The second-order valence-corrected chi connectivity index (χ2v) is 19.0. The Balaban J connectivity index is 1.40. The molecule has 10 aromatic carbocycles. The third-order valence-corrected chi connectivity index (χ3v) is 15.5. The number of aromatic hydroxyl groups is 9. The molecule has 0 unspecified atom stereocenters. The van der Waals surface area contributed by atoms with Crippen LogP contribution in [0.15, 0.2) is 200 Å². The van der Waals surface area contributed by atoms with Gasteiger partial charge in [0, 0.05) is 0 Å². The average molecular weight is 943 g/mol. The molecule has 0 spiro atoms. The van der Waals surface area contributed by atoms with Gasteiger partial charge in [-0.2, -0.15) is 0 Å². The van der Waals surface area contributed by atoms with Crippen molar-refractivity contribution in [1.29, 1.82) is 0 Å². The second kappa shape index (κ2) is 15.0. The van der Waals surface area contributed by atoms with Gasteiger partial charge in [-0.15, -0.1) is 0 Å². The van der Waals surface area contributed by atoms with E-state index in [1.165, 1.54) is 0 Å². The molecule has 0 aliphatic heterocycles. The molecule has 9 nitrogen and oxygen atoms in total. The Labute approximate surface area is 412 Å². The quantitative estimate of drug-likeness (QED) is 0.0783. The first-order valence-corrected chi connectivity index (χ1v) is 23.4. The van der Waals surface area contributed by atoms with E-state index < -0.39 is 16.2 Å². The van der Waals surface area contributed by atoms with Gasteiger partial charge in [0.05, 0.1) is 16.2 Å². The van der Waals surface area contributed by atoms with Crippen LogP contribution < -0.4 is 0 Å². The van der Waals surface area contributed by atoms with Gasteiger partial charge in [0.25, 0.3) is 0 Å². The summed E-state index contributed by atoms with van der Waals surface area (Å²) in [4.78, 5) is 0. The summed E-state index contributed by atoms with van der Waals surface area (Å²) < 4.78 is 0. The van der Waals surface area contributed by atoms with Gasteiger partial charge < -0.3 is 46.0 Å². The zero-order chi connectivity index (χ0) is 49.4. The van der Waals surface area contributed by atoms with Crippen LogP contribution in [-0.2, 0) is 16.2 Å². The zero-order valence-corrected chi connectivity index (χ0v) is 38.1. The van der Waals surface area contributed by atoms with Crippen LogP contribution >= 0.6 is 0 Å². The lowest BCUT2D eigenvalue weighted by Gasteiger charge is -2.40. The zero-order valence-electron chi connectivity index (χ0n) is 38.1. The van der Waals surface area contributed by atoms with Gasteiger partial charge in [-0.1, -0.05) is 91.0 Å². The molecule has 0 aromatic heterocycles. The van der Waals surface area contributed by atoms with E-state index >= 15 is 0 Å². The second-order valence-electron chi connectivity index (χ2n) is 19.0. The third-order valence-electron chi connectivity index (χ3n) is 15.5. The lowest BCUT2D eigenvalue weighted by Crippen LogP contribution is -2.33. The van der Waals surface area contributed by atoms with Crippen molar-refractivity contribution in [2.75, 3.05) is 0 Å². The number of rotatable bonds is 6. The molecule has 0 radical (unpaired) electrons. The average Bonchev–Trinajstić information content (AvgIpc) is 3.96. The number of fused-ring (bicyclic) bond motifs is 12. The maximum absolute atomic E-state index is 11.8. The topological polar surface area (TPSA) is 182 Å². The van der Waals surface area contributed by atoms with E-state index in [-0.39, 0.29) is 51.7 Å². The molecule has 3 aliphatic carbocycles. The van der Waals surface area contributed by atoms with Crippen molar-refractivity contribution in [3.05, 3.63) is 267 Å². The smallest absolute Gasteiger partial charge is 0.115 e. The fraction of sp³-hybridized carbons (Fsp3) is 0.0476. The van der Waals surface area contributed by atoms with Crippen molar-refractivity contribution in [2.45, 2.75) is 16.2 Å². The summed E-state index contributed by atoms with van der Waals surface area (Å²) in [5.41, 5.74) is 9.00. The van der Waals surface area contributed by atoms with Crippen molar-refractivity contribution in [2.24, 2.45) is 0 Å². The summed E-state index contributed by atoms with van der Waals surface area (Å²) in [5.74, 6) is 0.137. The van der Waals surface area contributed by atoms with Crippen LogP contribution in [0.4, 0.5) is 0 Å². The number of phenolic OH excluding ortho intramolecular Hbond substituents is 9. The van der Waals surface area contributed by atoms with E-state index in [4.69, 9.17) is 0 Å². The van der Waals surface area contributed by atoms with E-state index in [0.29, 0.717) is 50.1 Å². The molecule has 0 fully saturated rings. The van der Waals surface area contributed by atoms with Crippen LogP contribution in [0.5, 0.6) is 51.7 Å². The maximum atomic E-state index is 11.8. The summed E-state index contributed by atoms with van der Waals surface area (Å²) in [6.45, 7) is 0. The molecule has 0 heterocycles. The van der Waals surface area contributed by atoms with Crippen LogP contribution in [0.2, 0.25) is 0 Å². The van der Waals surface area contributed by atoms with Gasteiger partial charge in [0.15, 0.2) is 0 Å². The minimum Gasteiger partial charge on any atom is -0.508 e. The fourth-order valence-electron chi connectivity index (χ4n) is 12.8. The van der Waals surface area contributed by atoms with Crippen molar-refractivity contribution >= 4 is 0 Å². The standard InChI is InChI=1S/C63H42O9/c64-40-13-1-34(2-14-40)61(35-3-15-41(65)16-4-35)52-31-46(70)25-28-49(52)55-58(61)56-50-29-26-47(71)32-53(50)62(36-5-17-42(66)18-6-36,37-7-19-43(67)20-8-37)60(56)57-51-30-27-48(72)33-54(51)63(59(55)57,38-9-21-44(68)22-10-38)39-11-23-45(69)24-12-39/h1-33,64-72H. The first kappa shape index (κ1) is 42.5. The van der Waals surface area contributed by atoms with Gasteiger partial charge in [-0.05, 0) is 209 Å². The highest BCUT2D eigenvalue weighted by Crippen LogP contribution is 2.73. The van der Waals surface area contributed by atoms with Crippen LogP contribution in [0.25, 0.3) is 33.4 Å². The third kappa shape index (κ3) is 5.47. The molecule has 0 saturated carbocycles. The highest BCUT2D eigenvalue weighted by atomic mass is 16.3. The van der Waals surface area contributed by atoms with E-state index in [2.05, 4.69) is 0 Å². The molecule has 348 valence electrons. The van der Waals surface area contributed by atoms with E-state index in [9.17, 15) is 46.0 Å². The molecular formula is C63H42O9. The number of hydrogen-bond acceptors (Lipinski definition) is 9. The monoisotopic (exact) mass is 942 g/mol. The van der Waals surface area contributed by atoms with Gasteiger partial charge in [-0.25, -0.2) is 0 Å². The minimum atomic E-state index is -1.37. The Bertz CT molecular complexity index is 3300. The number of phenols is 9. The first-order chi connectivity index (χ1) is 34.9. The normalized spacial score (nSPS) is 14.7. The maximum Gasteiger partial charge on any atom is 0.115 e. The first-order valence-electron chi connectivity index (χ1n) is 23.4. The van der Waals surface area contributed by atoms with E-state index in [1.807, 2.05) is 91.0 Å². The molecule has 9 N–H and O–H groups in total. The predicted octanol–water partition coefficient (Wildman–Crippen LogP) is 12.1. The predicted molar refractivity (Wildman–Crippen MR) is 273 cm³/mol.